The van der Waals surface area contributed by atoms with Crippen molar-refractivity contribution in [2.24, 2.45) is 5.14 Å². The summed E-state index contributed by atoms with van der Waals surface area (Å²) in [5, 5.41) is 14.9. The Morgan fingerprint density at radius 3 is 2.48 bits per heavy atom. The summed E-state index contributed by atoms with van der Waals surface area (Å²) < 4.78 is 62.6. The van der Waals surface area contributed by atoms with Gasteiger partial charge < -0.3 is 10.6 Å². The first-order chi connectivity index (χ1) is 13.5. The summed E-state index contributed by atoms with van der Waals surface area (Å²) in [6.45, 7) is 0.785. The molecule has 1 aliphatic carbocycles. The summed E-state index contributed by atoms with van der Waals surface area (Å²) in [5.74, 6) is 0.162. The molecule has 12 heteroatoms. The average molecular weight is 448 g/mol. The lowest BCUT2D eigenvalue weighted by atomic mass is 10.2. The first-order valence-electron chi connectivity index (χ1n) is 8.87. The molecular formula is C17H20F3N5O2S2. The van der Waals surface area contributed by atoms with Gasteiger partial charge in [-0.1, -0.05) is 0 Å². The molecule has 3 rings (SSSR count). The SMILES string of the molecule is NS(=O)(=O)c1ccc(NC(=S)NCCCn2nc(C(F)(F)F)cc2C2CC2)cc1. The highest BCUT2D eigenvalue weighted by Crippen LogP contribution is 2.42. The number of nitrogens with one attached hydrogen (secondary N) is 2. The van der Waals surface area contributed by atoms with E-state index in [9.17, 15) is 21.6 Å². The van der Waals surface area contributed by atoms with Gasteiger partial charge >= 0.3 is 6.18 Å². The standard InChI is InChI=1S/C17H20F3N5O2S2/c18-17(19,20)15-10-14(11-2-3-11)25(24-15)9-1-8-22-16(28)23-12-4-6-13(7-5-12)29(21,26)27/h4-7,10-11H,1-3,8-9H2,(H2,21,26,27)(H2,22,23,28). The number of nitrogens with zero attached hydrogens (tertiary/aromatic N) is 2. The van der Waals surface area contributed by atoms with Gasteiger partial charge in [0.1, 0.15) is 0 Å². The molecule has 1 aromatic heterocycles. The summed E-state index contributed by atoms with van der Waals surface area (Å²) in [4.78, 5) is -0.00848. The number of sulfonamides is 1. The Bertz CT molecular complexity index is 983. The highest BCUT2D eigenvalue weighted by Gasteiger charge is 2.37. The quantitative estimate of drug-likeness (QED) is 0.446. The molecule has 158 valence electrons. The van der Waals surface area contributed by atoms with E-state index in [1.807, 2.05) is 0 Å². The summed E-state index contributed by atoms with van der Waals surface area (Å²) in [5.41, 5.74) is 0.355. The van der Waals surface area contributed by atoms with Crippen LogP contribution >= 0.6 is 12.2 Å². The molecule has 1 saturated carbocycles. The number of halogens is 3. The maximum absolute atomic E-state index is 12.9. The lowest BCUT2D eigenvalue weighted by Gasteiger charge is -2.11. The van der Waals surface area contributed by atoms with E-state index in [0.29, 0.717) is 36.0 Å². The maximum Gasteiger partial charge on any atom is 0.435 e. The van der Waals surface area contributed by atoms with E-state index in [1.165, 1.54) is 28.9 Å². The van der Waals surface area contributed by atoms with Crippen LogP contribution in [0.25, 0.3) is 0 Å². The van der Waals surface area contributed by atoms with Gasteiger partial charge in [-0.25, -0.2) is 13.6 Å². The number of nitrogens with two attached hydrogens (primary N) is 1. The molecule has 0 unspecified atom stereocenters. The largest absolute Gasteiger partial charge is 0.435 e. The minimum atomic E-state index is -4.45. The van der Waals surface area contributed by atoms with Crippen molar-refractivity contribution < 1.29 is 21.6 Å². The molecule has 0 spiro atoms. The van der Waals surface area contributed by atoms with Gasteiger partial charge in [-0.3, -0.25) is 4.68 Å². The second-order valence-electron chi connectivity index (χ2n) is 6.75. The fourth-order valence-corrected chi connectivity index (χ4v) is 3.53. The predicted octanol–water partition coefficient (Wildman–Crippen LogP) is 2.80. The maximum atomic E-state index is 12.9. The molecule has 0 saturated heterocycles. The number of benzene rings is 1. The topological polar surface area (TPSA) is 102 Å². The molecule has 1 aromatic carbocycles. The molecule has 0 atom stereocenters. The fraction of sp³-hybridized carbons (Fsp3) is 0.412. The van der Waals surface area contributed by atoms with E-state index < -0.39 is 21.9 Å². The van der Waals surface area contributed by atoms with Gasteiger partial charge in [-0.2, -0.15) is 18.3 Å². The lowest BCUT2D eigenvalue weighted by Crippen LogP contribution is -2.30. The molecule has 0 amide bonds. The number of hydrogen-bond donors (Lipinski definition) is 3. The first-order valence-corrected chi connectivity index (χ1v) is 10.8. The number of thiocarbonyl (C=S) groups is 1. The van der Waals surface area contributed by atoms with Crippen molar-refractivity contribution in [3.63, 3.8) is 0 Å². The van der Waals surface area contributed by atoms with E-state index in [-0.39, 0.29) is 10.8 Å². The Balaban J connectivity index is 1.48. The molecule has 2 aromatic rings. The number of aromatic nitrogens is 2. The summed E-state index contributed by atoms with van der Waals surface area (Å²) in [7, 11) is -3.76. The molecule has 0 aliphatic heterocycles. The van der Waals surface area contributed by atoms with Crippen LogP contribution in [0.1, 0.15) is 36.6 Å². The minimum Gasteiger partial charge on any atom is -0.362 e. The molecular weight excluding hydrogens is 427 g/mol. The van der Waals surface area contributed by atoms with Crippen LogP contribution in [-0.2, 0) is 22.7 Å². The number of anilines is 1. The van der Waals surface area contributed by atoms with E-state index in [2.05, 4.69) is 15.7 Å². The van der Waals surface area contributed by atoms with Crippen LogP contribution in [0.2, 0.25) is 0 Å². The van der Waals surface area contributed by atoms with E-state index in [0.717, 1.165) is 18.9 Å². The Labute approximate surface area is 171 Å². The van der Waals surface area contributed by atoms with Crippen LogP contribution in [0, 0.1) is 0 Å². The summed E-state index contributed by atoms with van der Waals surface area (Å²) >= 11 is 5.17. The third-order valence-electron chi connectivity index (χ3n) is 4.37. The predicted molar refractivity (Wildman–Crippen MR) is 106 cm³/mol. The number of aryl methyl sites for hydroxylation is 1. The van der Waals surface area contributed by atoms with Crippen molar-refractivity contribution in [2.75, 3.05) is 11.9 Å². The molecule has 29 heavy (non-hydrogen) atoms. The monoisotopic (exact) mass is 447 g/mol. The van der Waals surface area contributed by atoms with E-state index in [1.54, 1.807) is 0 Å². The Kier molecular flexibility index (Phi) is 6.15. The highest BCUT2D eigenvalue weighted by atomic mass is 32.2. The van der Waals surface area contributed by atoms with Gasteiger partial charge in [0.25, 0.3) is 0 Å². The van der Waals surface area contributed by atoms with Crippen LogP contribution in [0.5, 0.6) is 0 Å². The van der Waals surface area contributed by atoms with Crippen LogP contribution in [0.4, 0.5) is 18.9 Å². The zero-order valence-electron chi connectivity index (χ0n) is 15.2. The van der Waals surface area contributed by atoms with Gasteiger partial charge in [-0.15, -0.1) is 0 Å². The lowest BCUT2D eigenvalue weighted by molar-refractivity contribution is -0.141. The summed E-state index contributed by atoms with van der Waals surface area (Å²) in [6, 6.07) is 6.91. The van der Waals surface area contributed by atoms with E-state index in [4.69, 9.17) is 17.4 Å². The third-order valence-corrected chi connectivity index (χ3v) is 5.55. The molecule has 1 aliphatic rings. The molecule has 0 radical (unpaired) electrons. The Morgan fingerprint density at radius 2 is 1.93 bits per heavy atom. The molecule has 1 fully saturated rings. The van der Waals surface area contributed by atoms with Crippen LogP contribution in [0.15, 0.2) is 35.2 Å². The van der Waals surface area contributed by atoms with Crippen molar-refractivity contribution in [1.82, 2.24) is 15.1 Å². The van der Waals surface area contributed by atoms with Crippen molar-refractivity contribution >= 4 is 33.0 Å². The molecule has 7 nitrogen and oxygen atoms in total. The number of rotatable bonds is 7. The smallest absolute Gasteiger partial charge is 0.362 e. The van der Waals surface area contributed by atoms with Gasteiger partial charge in [0, 0.05) is 30.4 Å². The Morgan fingerprint density at radius 1 is 1.28 bits per heavy atom. The first kappa shape index (κ1) is 21.5. The van der Waals surface area contributed by atoms with Crippen molar-refractivity contribution in [3.8, 4) is 0 Å². The fourth-order valence-electron chi connectivity index (χ4n) is 2.79. The van der Waals surface area contributed by atoms with Crippen molar-refractivity contribution in [1.29, 1.82) is 0 Å². The zero-order chi connectivity index (χ0) is 21.2. The summed E-state index contributed by atoms with van der Waals surface area (Å²) in [6.07, 6.45) is -2.14. The second-order valence-corrected chi connectivity index (χ2v) is 8.72. The van der Waals surface area contributed by atoms with E-state index >= 15 is 0 Å². The molecule has 1 heterocycles. The minimum absolute atomic E-state index is 0.00848. The van der Waals surface area contributed by atoms with Crippen LogP contribution < -0.4 is 15.8 Å². The average Bonchev–Trinajstić information content (AvgIpc) is 3.37. The molecule has 0 bridgehead atoms. The van der Waals surface area contributed by atoms with Gasteiger partial charge in [0.05, 0.1) is 4.90 Å². The zero-order valence-corrected chi connectivity index (χ0v) is 16.9. The Hall–Kier alpha value is -2.18. The normalized spacial score (nSPS) is 14.6. The van der Waals surface area contributed by atoms with Crippen molar-refractivity contribution in [2.45, 2.75) is 42.8 Å². The number of alkyl halides is 3. The van der Waals surface area contributed by atoms with Crippen LogP contribution in [-0.4, -0.2) is 29.9 Å². The third kappa shape index (κ3) is 5.90. The van der Waals surface area contributed by atoms with Gasteiger partial charge in [-0.05, 0) is 61.8 Å². The second kappa shape index (κ2) is 8.28. The van der Waals surface area contributed by atoms with Gasteiger partial charge in [0.15, 0.2) is 10.8 Å². The van der Waals surface area contributed by atoms with Gasteiger partial charge in [0.2, 0.25) is 10.0 Å². The number of hydrogen-bond acceptors (Lipinski definition) is 4. The van der Waals surface area contributed by atoms with Crippen molar-refractivity contribution in [3.05, 3.63) is 41.7 Å². The van der Waals surface area contributed by atoms with Crippen LogP contribution in [0.3, 0.4) is 0 Å². The molecule has 4 N–H and O–H groups in total. The number of primary sulfonamides is 1. The highest BCUT2D eigenvalue weighted by molar-refractivity contribution is 7.89.